The van der Waals surface area contributed by atoms with Gasteiger partial charge >= 0.3 is 5.97 Å². The maximum atomic E-state index is 11.1. The molecule has 18 heavy (non-hydrogen) atoms. The summed E-state index contributed by atoms with van der Waals surface area (Å²) >= 11 is 2.05. The van der Waals surface area contributed by atoms with Crippen LogP contribution in [0.15, 0.2) is 28.8 Å². The number of rotatable bonds is 4. The minimum Gasteiger partial charge on any atom is -0.485 e. The van der Waals surface area contributed by atoms with Gasteiger partial charge in [-0.25, -0.2) is 4.79 Å². The summed E-state index contributed by atoms with van der Waals surface area (Å²) in [4.78, 5) is 11.1. The molecule has 0 radical (unpaired) electrons. The standard InChI is InChI=1S/C12H10INO4/c1-7-4-9(18-14-7)6-17-11-3-2-8(13)5-10(11)12(15)16/h2-5H,6H2,1H3,(H,15,16). The molecule has 1 aromatic carbocycles. The van der Waals surface area contributed by atoms with E-state index >= 15 is 0 Å². The molecule has 1 aromatic heterocycles. The predicted octanol–water partition coefficient (Wildman–Crippen LogP) is 2.86. The molecule has 1 N–H and O–H groups in total. The summed E-state index contributed by atoms with van der Waals surface area (Å²) in [6.07, 6.45) is 0. The number of benzene rings is 1. The van der Waals surface area contributed by atoms with Crippen LogP contribution >= 0.6 is 22.6 Å². The number of nitrogens with zero attached hydrogens (tertiary/aromatic N) is 1. The van der Waals surface area contributed by atoms with E-state index in [9.17, 15) is 4.79 Å². The van der Waals surface area contributed by atoms with Crippen molar-refractivity contribution in [3.63, 3.8) is 0 Å². The van der Waals surface area contributed by atoms with Crippen LogP contribution in [0.1, 0.15) is 21.8 Å². The van der Waals surface area contributed by atoms with Gasteiger partial charge < -0.3 is 14.4 Å². The molecular formula is C12H10INO4. The van der Waals surface area contributed by atoms with Crippen molar-refractivity contribution in [2.24, 2.45) is 0 Å². The first kappa shape index (κ1) is 12.9. The zero-order valence-electron chi connectivity index (χ0n) is 9.51. The average Bonchev–Trinajstić information content (AvgIpc) is 2.73. The first-order valence-corrected chi connectivity index (χ1v) is 6.22. The van der Waals surface area contributed by atoms with Gasteiger partial charge in [0.1, 0.15) is 17.9 Å². The van der Waals surface area contributed by atoms with Crippen molar-refractivity contribution in [1.82, 2.24) is 5.16 Å². The van der Waals surface area contributed by atoms with Crippen LogP contribution in [0.5, 0.6) is 5.75 Å². The van der Waals surface area contributed by atoms with Gasteiger partial charge in [0.2, 0.25) is 0 Å². The molecule has 94 valence electrons. The lowest BCUT2D eigenvalue weighted by Gasteiger charge is -2.07. The minimum atomic E-state index is -1.02. The molecule has 0 fully saturated rings. The number of hydrogen-bond acceptors (Lipinski definition) is 4. The maximum absolute atomic E-state index is 11.1. The number of hydrogen-bond donors (Lipinski definition) is 1. The van der Waals surface area contributed by atoms with Gasteiger partial charge in [0.15, 0.2) is 5.76 Å². The van der Waals surface area contributed by atoms with Crippen LogP contribution in [0.3, 0.4) is 0 Å². The van der Waals surface area contributed by atoms with Crippen molar-refractivity contribution < 1.29 is 19.2 Å². The fourth-order valence-electron chi connectivity index (χ4n) is 1.43. The quantitative estimate of drug-likeness (QED) is 0.850. The third-order valence-electron chi connectivity index (χ3n) is 2.22. The molecule has 6 heteroatoms. The van der Waals surface area contributed by atoms with Gasteiger partial charge in [-0.1, -0.05) is 5.16 Å². The number of carbonyl (C=O) groups is 1. The normalized spacial score (nSPS) is 10.3. The molecule has 2 rings (SSSR count). The average molecular weight is 359 g/mol. The number of ether oxygens (including phenoxy) is 1. The fraction of sp³-hybridized carbons (Fsp3) is 0.167. The molecule has 0 spiro atoms. The summed E-state index contributed by atoms with van der Waals surface area (Å²) in [6.45, 7) is 1.96. The molecule has 0 saturated heterocycles. The van der Waals surface area contributed by atoms with E-state index in [4.69, 9.17) is 14.4 Å². The molecule has 0 aliphatic heterocycles. The molecule has 0 atom stereocenters. The summed E-state index contributed by atoms with van der Waals surface area (Å²) in [7, 11) is 0. The molecule has 0 unspecified atom stereocenters. The Morgan fingerprint density at radius 1 is 1.50 bits per heavy atom. The highest BCUT2D eigenvalue weighted by atomic mass is 127. The van der Waals surface area contributed by atoms with Crippen LogP contribution in [-0.4, -0.2) is 16.2 Å². The Morgan fingerprint density at radius 3 is 2.89 bits per heavy atom. The van der Waals surface area contributed by atoms with Crippen LogP contribution in [0.4, 0.5) is 0 Å². The van der Waals surface area contributed by atoms with E-state index in [0.717, 1.165) is 9.26 Å². The second-order valence-electron chi connectivity index (χ2n) is 3.67. The minimum absolute atomic E-state index is 0.137. The van der Waals surface area contributed by atoms with Crippen molar-refractivity contribution in [3.8, 4) is 5.75 Å². The zero-order valence-corrected chi connectivity index (χ0v) is 11.7. The summed E-state index contributed by atoms with van der Waals surface area (Å²) in [5, 5.41) is 12.8. The van der Waals surface area contributed by atoms with Crippen LogP contribution in [0.2, 0.25) is 0 Å². The van der Waals surface area contributed by atoms with E-state index in [1.807, 2.05) is 0 Å². The second kappa shape index (κ2) is 5.38. The lowest BCUT2D eigenvalue weighted by Crippen LogP contribution is -2.03. The summed E-state index contributed by atoms with van der Waals surface area (Å²) in [5.74, 6) is -0.142. The molecular weight excluding hydrogens is 349 g/mol. The lowest BCUT2D eigenvalue weighted by molar-refractivity contribution is 0.0691. The molecule has 0 aliphatic rings. The van der Waals surface area contributed by atoms with Crippen molar-refractivity contribution >= 4 is 28.6 Å². The largest absolute Gasteiger partial charge is 0.485 e. The Labute approximate surface area is 117 Å². The van der Waals surface area contributed by atoms with Crippen LogP contribution < -0.4 is 4.74 Å². The first-order valence-electron chi connectivity index (χ1n) is 5.14. The first-order chi connectivity index (χ1) is 8.56. The molecule has 1 heterocycles. The van der Waals surface area contributed by atoms with Crippen molar-refractivity contribution in [2.75, 3.05) is 0 Å². The number of carboxylic acids is 1. The van der Waals surface area contributed by atoms with Gasteiger partial charge in [-0.2, -0.15) is 0 Å². The number of carboxylic acid groups (broad SMARTS) is 1. The van der Waals surface area contributed by atoms with Gasteiger partial charge in [-0.15, -0.1) is 0 Å². The Balaban J connectivity index is 2.16. The van der Waals surface area contributed by atoms with E-state index in [1.165, 1.54) is 0 Å². The van der Waals surface area contributed by atoms with E-state index in [2.05, 4.69) is 27.7 Å². The topological polar surface area (TPSA) is 72.6 Å². The van der Waals surface area contributed by atoms with E-state index < -0.39 is 5.97 Å². The molecule has 0 bridgehead atoms. The van der Waals surface area contributed by atoms with E-state index in [1.54, 1.807) is 31.2 Å². The van der Waals surface area contributed by atoms with Gasteiger partial charge in [-0.05, 0) is 47.7 Å². The van der Waals surface area contributed by atoms with Crippen molar-refractivity contribution in [3.05, 3.63) is 44.9 Å². The van der Waals surface area contributed by atoms with Gasteiger partial charge in [0.25, 0.3) is 0 Å². The summed E-state index contributed by atoms with van der Waals surface area (Å²) in [6, 6.07) is 6.72. The molecule has 2 aromatic rings. The van der Waals surface area contributed by atoms with Crippen molar-refractivity contribution in [1.29, 1.82) is 0 Å². The highest BCUT2D eigenvalue weighted by Gasteiger charge is 2.12. The Morgan fingerprint density at radius 2 is 2.28 bits per heavy atom. The van der Waals surface area contributed by atoms with Gasteiger partial charge in [-0.3, -0.25) is 0 Å². The third-order valence-corrected chi connectivity index (χ3v) is 2.89. The predicted molar refractivity (Wildman–Crippen MR) is 71.7 cm³/mol. The van der Waals surface area contributed by atoms with Crippen LogP contribution in [-0.2, 0) is 6.61 Å². The van der Waals surface area contributed by atoms with Gasteiger partial charge in [0, 0.05) is 9.64 Å². The monoisotopic (exact) mass is 359 g/mol. The Bertz CT molecular complexity index is 579. The molecule has 5 nitrogen and oxygen atoms in total. The van der Waals surface area contributed by atoms with Crippen LogP contribution in [0.25, 0.3) is 0 Å². The lowest BCUT2D eigenvalue weighted by atomic mass is 10.2. The molecule has 0 saturated carbocycles. The maximum Gasteiger partial charge on any atom is 0.339 e. The number of aromatic nitrogens is 1. The van der Waals surface area contributed by atoms with E-state index in [-0.39, 0.29) is 12.2 Å². The smallest absolute Gasteiger partial charge is 0.339 e. The SMILES string of the molecule is Cc1cc(COc2ccc(I)cc2C(=O)O)on1. The van der Waals surface area contributed by atoms with Gasteiger partial charge in [0.05, 0.1) is 5.69 Å². The number of aryl methyl sites for hydroxylation is 1. The fourth-order valence-corrected chi connectivity index (χ4v) is 1.92. The second-order valence-corrected chi connectivity index (χ2v) is 4.91. The zero-order chi connectivity index (χ0) is 13.1. The summed E-state index contributed by atoms with van der Waals surface area (Å²) < 4.78 is 11.3. The summed E-state index contributed by atoms with van der Waals surface area (Å²) in [5.41, 5.74) is 0.896. The molecule has 0 aliphatic carbocycles. The van der Waals surface area contributed by atoms with Crippen molar-refractivity contribution in [2.45, 2.75) is 13.5 Å². The third kappa shape index (κ3) is 3.00. The van der Waals surface area contributed by atoms with E-state index in [0.29, 0.717) is 11.5 Å². The highest BCUT2D eigenvalue weighted by Crippen LogP contribution is 2.22. The number of aromatic carboxylic acids is 1. The Kier molecular flexibility index (Phi) is 3.85. The number of halogens is 1. The highest BCUT2D eigenvalue weighted by molar-refractivity contribution is 14.1. The van der Waals surface area contributed by atoms with Crippen LogP contribution in [0, 0.1) is 10.5 Å². The molecule has 0 amide bonds. The Hall–Kier alpha value is -1.57.